The lowest BCUT2D eigenvalue weighted by Crippen LogP contribution is -2.24. The van der Waals surface area contributed by atoms with Crippen molar-refractivity contribution in [3.63, 3.8) is 0 Å². The minimum absolute atomic E-state index is 0.130. The first-order valence-electron chi connectivity index (χ1n) is 12.4. The molecule has 0 radical (unpaired) electrons. The van der Waals surface area contributed by atoms with Crippen LogP contribution in [-0.4, -0.2) is 46.4 Å². The molecule has 1 aliphatic rings. The van der Waals surface area contributed by atoms with Crippen LogP contribution in [0, 0.1) is 11.6 Å². The molecule has 7 nitrogen and oxygen atoms in total. The molecule has 1 fully saturated rings. The number of carbonyl (C=O) groups is 2. The molecule has 0 amide bonds. The predicted octanol–water partition coefficient (Wildman–Crippen LogP) is 5.97. The molecule has 0 aliphatic carbocycles. The Balaban J connectivity index is 0.000000459. The summed E-state index contributed by atoms with van der Waals surface area (Å²) in [5.74, 6) is -1.90. The average Bonchev–Trinajstić information content (AvgIpc) is 3.36. The largest absolute Gasteiger partial charge is 0.491 e. The van der Waals surface area contributed by atoms with E-state index in [1.54, 1.807) is 24.3 Å². The Labute approximate surface area is 225 Å². The molecule has 1 unspecified atom stereocenters. The third kappa shape index (κ3) is 9.63. The molecule has 4 rings (SSSR count). The van der Waals surface area contributed by atoms with Crippen molar-refractivity contribution in [2.75, 3.05) is 13.1 Å². The van der Waals surface area contributed by atoms with Crippen LogP contribution in [0.5, 0.6) is 5.75 Å². The molecule has 3 aromatic rings. The van der Waals surface area contributed by atoms with E-state index in [9.17, 15) is 18.4 Å². The van der Waals surface area contributed by atoms with E-state index in [-0.39, 0.29) is 17.7 Å². The van der Waals surface area contributed by atoms with Gasteiger partial charge in [0.2, 0.25) is 0 Å². The van der Waals surface area contributed by atoms with Crippen LogP contribution in [0.4, 0.5) is 8.78 Å². The topological polar surface area (TPSA) is 96.3 Å². The fraction of sp³-hybridized carbons (Fsp3) is 0.267. The van der Waals surface area contributed by atoms with Gasteiger partial charge in [-0.25, -0.2) is 18.4 Å². The molecule has 206 valence electrons. The van der Waals surface area contributed by atoms with E-state index in [4.69, 9.17) is 19.8 Å². The van der Waals surface area contributed by atoms with E-state index in [2.05, 4.69) is 12.1 Å². The predicted molar refractivity (Wildman–Crippen MR) is 141 cm³/mol. The summed E-state index contributed by atoms with van der Waals surface area (Å²) in [4.78, 5) is 25.5. The molecule has 1 saturated heterocycles. The lowest BCUT2D eigenvalue weighted by molar-refractivity contribution is -0.174. The van der Waals surface area contributed by atoms with Gasteiger partial charge in [0.15, 0.2) is 0 Å². The van der Waals surface area contributed by atoms with E-state index in [0.29, 0.717) is 18.1 Å². The number of hydrogen-bond acceptors (Lipinski definition) is 5. The molecule has 0 bridgehead atoms. The highest BCUT2D eigenvalue weighted by molar-refractivity contribution is 5.89. The Morgan fingerprint density at radius 2 is 1.44 bits per heavy atom. The zero-order valence-electron chi connectivity index (χ0n) is 21.7. The van der Waals surface area contributed by atoms with E-state index in [1.807, 2.05) is 31.0 Å². The normalized spacial score (nSPS) is 15.4. The highest BCUT2D eigenvalue weighted by atomic mass is 19.1. The van der Waals surface area contributed by atoms with Gasteiger partial charge in [-0.05, 0) is 73.4 Å². The standard InChI is InChI=1S/C26H27F2NO2.C4H4O4/c1-18(2)30-25-5-3-4-21(16-25)22-14-15-29(17-22)31-26(19-6-10-23(27)11-7-19)20-8-12-24(28)13-9-20;5-3(6)1-2-4(7)8/h3-13,16,18,22,26H,14-15,17H2,1-2H3;1-2H,(H,5,6)(H,7,8). The van der Waals surface area contributed by atoms with Gasteiger partial charge in [0, 0.05) is 31.2 Å². The van der Waals surface area contributed by atoms with Crippen LogP contribution in [0.15, 0.2) is 84.9 Å². The van der Waals surface area contributed by atoms with Crippen LogP contribution >= 0.6 is 0 Å². The number of hydrogen-bond donors (Lipinski definition) is 2. The van der Waals surface area contributed by atoms with Crippen molar-refractivity contribution in [3.05, 3.63) is 113 Å². The number of ether oxygens (including phenoxy) is 1. The Morgan fingerprint density at radius 1 is 0.897 bits per heavy atom. The molecular formula is C30H31F2NO6. The Morgan fingerprint density at radius 3 is 1.92 bits per heavy atom. The van der Waals surface area contributed by atoms with Gasteiger partial charge in [-0.15, -0.1) is 0 Å². The molecule has 1 aliphatic heterocycles. The molecule has 9 heteroatoms. The van der Waals surface area contributed by atoms with Gasteiger partial charge in [-0.1, -0.05) is 36.4 Å². The highest BCUT2D eigenvalue weighted by Crippen LogP contribution is 2.34. The highest BCUT2D eigenvalue weighted by Gasteiger charge is 2.28. The smallest absolute Gasteiger partial charge is 0.328 e. The second kappa shape index (κ2) is 14.2. The van der Waals surface area contributed by atoms with Crippen LogP contribution in [0.3, 0.4) is 0 Å². The van der Waals surface area contributed by atoms with Gasteiger partial charge in [0.25, 0.3) is 0 Å². The van der Waals surface area contributed by atoms with Crippen molar-refractivity contribution >= 4 is 11.9 Å². The average molecular weight is 540 g/mol. The maximum atomic E-state index is 13.4. The van der Waals surface area contributed by atoms with E-state index >= 15 is 0 Å². The van der Waals surface area contributed by atoms with E-state index in [1.165, 1.54) is 29.8 Å². The summed E-state index contributed by atoms with van der Waals surface area (Å²) in [6.07, 6.45) is 1.77. The minimum Gasteiger partial charge on any atom is -0.491 e. The number of carboxylic acid groups (broad SMARTS) is 2. The fourth-order valence-electron chi connectivity index (χ4n) is 4.09. The van der Waals surface area contributed by atoms with Gasteiger partial charge in [0.1, 0.15) is 23.5 Å². The maximum absolute atomic E-state index is 13.4. The lowest BCUT2D eigenvalue weighted by atomic mass is 9.98. The summed E-state index contributed by atoms with van der Waals surface area (Å²) in [7, 11) is 0. The number of halogens is 2. The van der Waals surface area contributed by atoms with Crippen LogP contribution in [0.2, 0.25) is 0 Å². The lowest BCUT2D eigenvalue weighted by Gasteiger charge is -2.25. The molecule has 1 atom stereocenters. The fourth-order valence-corrected chi connectivity index (χ4v) is 4.09. The van der Waals surface area contributed by atoms with Gasteiger partial charge in [-0.3, -0.25) is 4.84 Å². The van der Waals surface area contributed by atoms with Crippen molar-refractivity contribution in [2.24, 2.45) is 0 Å². The van der Waals surface area contributed by atoms with Crippen molar-refractivity contribution in [3.8, 4) is 5.75 Å². The first-order valence-corrected chi connectivity index (χ1v) is 12.4. The zero-order chi connectivity index (χ0) is 28.4. The SMILES string of the molecule is CC(C)Oc1cccc(C2CCN(OC(c3ccc(F)cc3)c3ccc(F)cc3)C2)c1.O=C(O)C=CC(=O)O. The monoisotopic (exact) mass is 539 g/mol. The Kier molecular flexibility index (Phi) is 10.7. The van der Waals surface area contributed by atoms with Gasteiger partial charge >= 0.3 is 11.9 Å². The summed E-state index contributed by atoms with van der Waals surface area (Å²) in [6, 6.07) is 20.8. The summed E-state index contributed by atoms with van der Waals surface area (Å²) in [6.45, 7) is 5.55. The van der Waals surface area contributed by atoms with Gasteiger partial charge in [-0.2, -0.15) is 5.06 Å². The van der Waals surface area contributed by atoms with Gasteiger partial charge < -0.3 is 14.9 Å². The number of aliphatic carboxylic acids is 2. The Bertz CT molecular complexity index is 1200. The number of hydroxylamine groups is 2. The van der Waals surface area contributed by atoms with Crippen LogP contribution < -0.4 is 4.74 Å². The number of rotatable bonds is 9. The quantitative estimate of drug-likeness (QED) is 0.323. The number of carboxylic acids is 2. The third-order valence-corrected chi connectivity index (χ3v) is 5.82. The first-order chi connectivity index (χ1) is 18.6. The third-order valence-electron chi connectivity index (χ3n) is 5.82. The minimum atomic E-state index is -1.26. The van der Waals surface area contributed by atoms with Crippen molar-refractivity contribution in [2.45, 2.75) is 38.4 Å². The molecule has 1 heterocycles. The molecular weight excluding hydrogens is 508 g/mol. The van der Waals surface area contributed by atoms with Crippen LogP contribution in [-0.2, 0) is 14.4 Å². The van der Waals surface area contributed by atoms with Crippen molar-refractivity contribution in [1.29, 1.82) is 0 Å². The van der Waals surface area contributed by atoms with Crippen LogP contribution in [0.1, 0.15) is 49.0 Å². The van der Waals surface area contributed by atoms with Gasteiger partial charge in [0.05, 0.1) is 6.10 Å². The second-order valence-corrected chi connectivity index (χ2v) is 9.21. The maximum Gasteiger partial charge on any atom is 0.328 e. The molecule has 0 spiro atoms. The second-order valence-electron chi connectivity index (χ2n) is 9.21. The molecule has 0 saturated carbocycles. The van der Waals surface area contributed by atoms with Crippen LogP contribution in [0.25, 0.3) is 0 Å². The number of nitrogens with zero attached hydrogens (tertiary/aromatic N) is 1. The Hall–Kier alpha value is -4.08. The molecule has 2 N–H and O–H groups in total. The van der Waals surface area contributed by atoms with Crippen molar-refractivity contribution < 1.29 is 38.2 Å². The summed E-state index contributed by atoms with van der Waals surface area (Å²) < 4.78 is 32.7. The first kappa shape index (κ1) is 29.5. The summed E-state index contributed by atoms with van der Waals surface area (Å²) >= 11 is 0. The van der Waals surface area contributed by atoms with E-state index < -0.39 is 18.0 Å². The summed E-state index contributed by atoms with van der Waals surface area (Å²) in [5.41, 5.74) is 2.87. The summed E-state index contributed by atoms with van der Waals surface area (Å²) in [5, 5.41) is 17.6. The molecule has 0 aromatic heterocycles. The molecule has 39 heavy (non-hydrogen) atoms. The van der Waals surface area contributed by atoms with Crippen molar-refractivity contribution in [1.82, 2.24) is 5.06 Å². The van der Waals surface area contributed by atoms with E-state index in [0.717, 1.165) is 36.4 Å². The number of benzene rings is 3. The zero-order valence-corrected chi connectivity index (χ0v) is 21.7. The molecule has 3 aromatic carbocycles.